The number of nitro benzene ring substituents is 1. The number of hydrogen-bond donors (Lipinski definition) is 0. The SMILES string of the molecule is CCOc1ccccc1/C=N\N1C(=O)c2cccc3c([N+](=O)[O-])ccc(c23)C1=O. The van der Waals surface area contributed by atoms with Crippen LogP contribution in [0.3, 0.4) is 0 Å². The summed E-state index contributed by atoms with van der Waals surface area (Å²) in [7, 11) is 0. The van der Waals surface area contributed by atoms with Gasteiger partial charge in [0.05, 0.1) is 34.3 Å². The van der Waals surface area contributed by atoms with Gasteiger partial charge in [-0.25, -0.2) is 0 Å². The molecule has 0 saturated heterocycles. The fourth-order valence-electron chi connectivity index (χ4n) is 3.33. The lowest BCUT2D eigenvalue weighted by Crippen LogP contribution is -2.36. The number of carbonyl (C=O) groups excluding carboxylic acids is 2. The summed E-state index contributed by atoms with van der Waals surface area (Å²) in [6, 6.07) is 14.3. The molecule has 2 amide bonds. The van der Waals surface area contributed by atoms with Crippen LogP contribution >= 0.6 is 0 Å². The highest BCUT2D eigenvalue weighted by Crippen LogP contribution is 2.35. The third kappa shape index (κ3) is 3.00. The second kappa shape index (κ2) is 7.16. The molecule has 0 spiro atoms. The van der Waals surface area contributed by atoms with E-state index in [1.165, 1.54) is 30.5 Å². The molecule has 0 saturated carbocycles. The van der Waals surface area contributed by atoms with Crippen LogP contribution in [0.1, 0.15) is 33.2 Å². The minimum absolute atomic E-state index is 0.159. The van der Waals surface area contributed by atoms with Crippen molar-refractivity contribution in [3.05, 3.63) is 81.4 Å². The third-order valence-electron chi connectivity index (χ3n) is 4.59. The number of ether oxygens (including phenoxy) is 1. The first-order valence-electron chi connectivity index (χ1n) is 8.87. The minimum Gasteiger partial charge on any atom is -0.493 e. The average molecular weight is 389 g/mol. The Hall–Kier alpha value is -4.07. The molecule has 0 atom stereocenters. The van der Waals surface area contributed by atoms with Crippen LogP contribution < -0.4 is 4.74 Å². The van der Waals surface area contributed by atoms with Crippen molar-refractivity contribution in [2.75, 3.05) is 6.61 Å². The van der Waals surface area contributed by atoms with Gasteiger partial charge in [-0.3, -0.25) is 19.7 Å². The van der Waals surface area contributed by atoms with E-state index >= 15 is 0 Å². The number of imide groups is 1. The average Bonchev–Trinajstić information content (AvgIpc) is 2.72. The van der Waals surface area contributed by atoms with E-state index in [-0.39, 0.29) is 27.6 Å². The number of nitrogens with zero attached hydrogens (tertiary/aromatic N) is 3. The summed E-state index contributed by atoms with van der Waals surface area (Å²) in [5.41, 5.74) is 0.837. The number of benzene rings is 3. The highest BCUT2D eigenvalue weighted by Gasteiger charge is 2.34. The monoisotopic (exact) mass is 389 g/mol. The van der Waals surface area contributed by atoms with Gasteiger partial charge in [0, 0.05) is 17.0 Å². The summed E-state index contributed by atoms with van der Waals surface area (Å²) >= 11 is 0. The van der Waals surface area contributed by atoms with E-state index in [4.69, 9.17) is 4.74 Å². The third-order valence-corrected chi connectivity index (χ3v) is 4.59. The molecule has 8 nitrogen and oxygen atoms in total. The Labute approximate surface area is 165 Å². The first-order valence-corrected chi connectivity index (χ1v) is 8.87. The Morgan fingerprint density at radius 2 is 1.76 bits per heavy atom. The Bertz CT molecular complexity index is 1180. The molecule has 1 heterocycles. The first-order chi connectivity index (χ1) is 14.0. The number of nitro groups is 1. The van der Waals surface area contributed by atoms with Crippen LogP contribution in [0, 0.1) is 10.1 Å². The molecule has 0 aromatic heterocycles. The molecule has 144 valence electrons. The number of carbonyl (C=O) groups is 2. The van der Waals surface area contributed by atoms with Crippen LogP contribution in [0.25, 0.3) is 10.8 Å². The molecule has 0 fully saturated rings. The summed E-state index contributed by atoms with van der Waals surface area (Å²) in [6.07, 6.45) is 1.39. The zero-order chi connectivity index (χ0) is 20.5. The first kappa shape index (κ1) is 18.3. The molecule has 8 heteroatoms. The predicted octanol–water partition coefficient (Wildman–Crippen LogP) is 3.78. The number of amides is 2. The molecule has 0 N–H and O–H groups in total. The van der Waals surface area contributed by atoms with E-state index < -0.39 is 16.7 Å². The van der Waals surface area contributed by atoms with Crippen molar-refractivity contribution in [1.29, 1.82) is 0 Å². The van der Waals surface area contributed by atoms with Gasteiger partial charge in [0.25, 0.3) is 17.5 Å². The van der Waals surface area contributed by atoms with Gasteiger partial charge in [-0.2, -0.15) is 10.1 Å². The number of rotatable bonds is 5. The van der Waals surface area contributed by atoms with Crippen molar-refractivity contribution >= 4 is 34.5 Å². The van der Waals surface area contributed by atoms with Gasteiger partial charge in [-0.1, -0.05) is 18.2 Å². The Morgan fingerprint density at radius 3 is 2.48 bits per heavy atom. The lowest BCUT2D eigenvalue weighted by molar-refractivity contribution is -0.383. The van der Waals surface area contributed by atoms with Crippen LogP contribution in [0.2, 0.25) is 0 Å². The number of non-ortho nitro benzene ring substituents is 1. The van der Waals surface area contributed by atoms with E-state index in [1.54, 1.807) is 24.3 Å². The summed E-state index contributed by atoms with van der Waals surface area (Å²) in [5, 5.41) is 16.7. The molecular weight excluding hydrogens is 374 g/mol. The molecule has 0 bridgehead atoms. The van der Waals surface area contributed by atoms with Crippen molar-refractivity contribution in [3.8, 4) is 5.75 Å². The van der Waals surface area contributed by atoms with Crippen LogP contribution in [0.4, 0.5) is 5.69 Å². The molecule has 4 rings (SSSR count). The molecule has 1 aliphatic heterocycles. The highest BCUT2D eigenvalue weighted by atomic mass is 16.6. The quantitative estimate of drug-likeness (QED) is 0.286. The summed E-state index contributed by atoms with van der Waals surface area (Å²) in [4.78, 5) is 36.6. The van der Waals surface area contributed by atoms with Gasteiger partial charge in [0.2, 0.25) is 0 Å². The van der Waals surface area contributed by atoms with Crippen LogP contribution in [-0.2, 0) is 0 Å². The van der Waals surface area contributed by atoms with Gasteiger partial charge in [0.15, 0.2) is 0 Å². The summed E-state index contributed by atoms with van der Waals surface area (Å²) in [5.74, 6) is -0.703. The van der Waals surface area contributed by atoms with Crippen LogP contribution in [-0.4, -0.2) is 34.6 Å². The molecule has 0 unspecified atom stereocenters. The molecular formula is C21H15N3O5. The van der Waals surface area contributed by atoms with Gasteiger partial charge in [-0.15, -0.1) is 0 Å². The smallest absolute Gasteiger partial charge is 0.282 e. The fourth-order valence-corrected chi connectivity index (χ4v) is 3.33. The van der Waals surface area contributed by atoms with E-state index in [0.29, 0.717) is 17.9 Å². The van der Waals surface area contributed by atoms with Crippen LogP contribution in [0.5, 0.6) is 5.75 Å². The van der Waals surface area contributed by atoms with Crippen molar-refractivity contribution in [1.82, 2.24) is 5.01 Å². The zero-order valence-electron chi connectivity index (χ0n) is 15.4. The Morgan fingerprint density at radius 1 is 1.03 bits per heavy atom. The standard InChI is InChI=1S/C21H15N3O5/c1-2-29-18-9-4-3-6-13(18)12-22-23-20(25)15-8-5-7-14-17(24(27)28)11-10-16(19(14)15)21(23)26/h3-12H,2H2,1H3/b22-12-. The lowest BCUT2D eigenvalue weighted by atomic mass is 9.94. The summed E-state index contributed by atoms with van der Waals surface area (Å²) in [6.45, 7) is 2.31. The van der Waals surface area contributed by atoms with E-state index in [0.717, 1.165) is 5.01 Å². The topological polar surface area (TPSA) is 102 Å². The molecule has 0 aliphatic carbocycles. The summed E-state index contributed by atoms with van der Waals surface area (Å²) < 4.78 is 5.53. The second-order valence-electron chi connectivity index (χ2n) is 6.26. The van der Waals surface area contributed by atoms with E-state index in [1.807, 2.05) is 13.0 Å². The van der Waals surface area contributed by atoms with Crippen molar-refractivity contribution in [2.24, 2.45) is 5.10 Å². The van der Waals surface area contributed by atoms with E-state index in [9.17, 15) is 19.7 Å². The number of hydrazone groups is 1. The fraction of sp³-hybridized carbons (Fsp3) is 0.0952. The Kier molecular flexibility index (Phi) is 4.52. The van der Waals surface area contributed by atoms with Gasteiger partial charge < -0.3 is 4.74 Å². The number of hydrogen-bond acceptors (Lipinski definition) is 6. The van der Waals surface area contributed by atoms with E-state index in [2.05, 4.69) is 5.10 Å². The van der Waals surface area contributed by atoms with Crippen molar-refractivity contribution in [3.63, 3.8) is 0 Å². The van der Waals surface area contributed by atoms with Crippen LogP contribution in [0.15, 0.2) is 59.7 Å². The molecule has 0 radical (unpaired) electrons. The molecule has 3 aromatic carbocycles. The maximum absolute atomic E-state index is 12.9. The largest absolute Gasteiger partial charge is 0.493 e. The predicted molar refractivity (Wildman–Crippen MR) is 106 cm³/mol. The molecule has 29 heavy (non-hydrogen) atoms. The number of para-hydroxylation sites is 1. The van der Waals surface area contributed by atoms with Gasteiger partial charge >= 0.3 is 0 Å². The zero-order valence-corrected chi connectivity index (χ0v) is 15.4. The lowest BCUT2D eigenvalue weighted by Gasteiger charge is -2.23. The Balaban J connectivity index is 1.79. The molecule has 3 aromatic rings. The molecule has 1 aliphatic rings. The minimum atomic E-state index is -0.640. The van der Waals surface area contributed by atoms with Gasteiger partial charge in [-0.05, 0) is 37.3 Å². The van der Waals surface area contributed by atoms with Crippen molar-refractivity contribution in [2.45, 2.75) is 6.92 Å². The van der Waals surface area contributed by atoms with Gasteiger partial charge in [0.1, 0.15) is 5.75 Å². The maximum atomic E-state index is 12.9. The second-order valence-corrected chi connectivity index (χ2v) is 6.26. The normalized spacial score (nSPS) is 13.3. The highest BCUT2D eigenvalue weighted by molar-refractivity contribution is 6.26. The van der Waals surface area contributed by atoms with Crippen molar-refractivity contribution < 1.29 is 19.2 Å². The maximum Gasteiger partial charge on any atom is 0.282 e.